The Labute approximate surface area is 125 Å². The molecule has 0 bridgehead atoms. The van der Waals surface area contributed by atoms with Crippen molar-refractivity contribution in [1.82, 2.24) is 14.2 Å². The molecule has 3 N–H and O–H groups in total. The number of likely N-dealkylation sites (tertiary alicyclic amines) is 1. The number of nitrogens with one attached hydrogen (secondary N) is 1. The van der Waals surface area contributed by atoms with Crippen LogP contribution in [0, 0.1) is 0 Å². The third kappa shape index (κ3) is 2.76. The van der Waals surface area contributed by atoms with Gasteiger partial charge in [0.25, 0.3) is 0 Å². The maximum absolute atomic E-state index is 12.7. The van der Waals surface area contributed by atoms with E-state index < -0.39 is 10.0 Å². The van der Waals surface area contributed by atoms with E-state index in [0.717, 1.165) is 19.5 Å². The normalized spacial score (nSPS) is 24.5. The largest absolute Gasteiger partial charge is 0.307 e. The fourth-order valence-corrected chi connectivity index (χ4v) is 4.78. The lowest BCUT2D eigenvalue weighted by Crippen LogP contribution is -2.37. The average molecular weight is 311 g/mol. The van der Waals surface area contributed by atoms with E-state index in [-0.39, 0.29) is 10.7 Å². The van der Waals surface area contributed by atoms with E-state index in [9.17, 15) is 8.42 Å². The molecule has 1 unspecified atom stereocenters. The number of aromatic nitrogens is 1. The molecule has 2 aliphatic rings. The van der Waals surface area contributed by atoms with E-state index in [1.807, 2.05) is 0 Å². The fourth-order valence-electron chi connectivity index (χ4n) is 3.18. The molecular formula is C13H21N5O2S. The van der Waals surface area contributed by atoms with E-state index in [4.69, 9.17) is 5.84 Å². The second-order valence-corrected chi connectivity index (χ2v) is 7.45. The average Bonchev–Trinajstić information content (AvgIpc) is 3.17. The summed E-state index contributed by atoms with van der Waals surface area (Å²) in [6.07, 6.45) is 4.84. The maximum Gasteiger partial charge on any atom is 0.246 e. The van der Waals surface area contributed by atoms with Crippen LogP contribution in [-0.4, -0.2) is 54.8 Å². The Morgan fingerprint density at radius 3 is 2.76 bits per heavy atom. The number of pyridine rings is 1. The molecule has 0 aromatic carbocycles. The van der Waals surface area contributed by atoms with Gasteiger partial charge in [-0.05, 0) is 44.5 Å². The van der Waals surface area contributed by atoms with Gasteiger partial charge >= 0.3 is 0 Å². The standard InChI is InChI=1S/C13H21N5O2S/c14-16-13-12(4-3-6-15-13)21(19,20)18-9-5-11(10-18)17-7-1-2-8-17/h3-4,6,11H,1-2,5,7-10,14H2,(H,15,16). The summed E-state index contributed by atoms with van der Waals surface area (Å²) in [6.45, 7) is 3.28. The van der Waals surface area contributed by atoms with Crippen molar-refractivity contribution in [1.29, 1.82) is 0 Å². The van der Waals surface area contributed by atoms with Gasteiger partial charge in [-0.1, -0.05) is 0 Å². The van der Waals surface area contributed by atoms with Crippen LogP contribution in [0.1, 0.15) is 19.3 Å². The number of nitrogens with zero attached hydrogens (tertiary/aromatic N) is 3. The first-order chi connectivity index (χ1) is 10.1. The van der Waals surface area contributed by atoms with Crippen LogP contribution < -0.4 is 11.3 Å². The highest BCUT2D eigenvalue weighted by Crippen LogP contribution is 2.28. The Morgan fingerprint density at radius 1 is 1.29 bits per heavy atom. The number of anilines is 1. The SMILES string of the molecule is NNc1ncccc1S(=O)(=O)N1CCC(N2CCCC2)C1. The van der Waals surface area contributed by atoms with E-state index in [2.05, 4.69) is 15.3 Å². The van der Waals surface area contributed by atoms with Crippen LogP contribution in [0.25, 0.3) is 0 Å². The van der Waals surface area contributed by atoms with Crippen molar-refractivity contribution in [2.75, 3.05) is 31.6 Å². The molecule has 116 valence electrons. The molecule has 0 spiro atoms. The molecule has 0 amide bonds. The summed E-state index contributed by atoms with van der Waals surface area (Å²) in [5, 5.41) is 0. The number of nitrogen functional groups attached to an aromatic ring is 1. The zero-order valence-electron chi connectivity index (χ0n) is 11.9. The predicted octanol–water partition coefficient (Wildman–Crippen LogP) is 0.226. The molecular weight excluding hydrogens is 290 g/mol. The van der Waals surface area contributed by atoms with Crippen LogP contribution in [0.3, 0.4) is 0 Å². The Balaban J connectivity index is 1.79. The number of hydrogen-bond acceptors (Lipinski definition) is 6. The molecule has 0 saturated carbocycles. The first kappa shape index (κ1) is 14.7. The second-order valence-electron chi connectivity index (χ2n) is 5.54. The van der Waals surface area contributed by atoms with E-state index >= 15 is 0 Å². The van der Waals surface area contributed by atoms with E-state index in [0.29, 0.717) is 19.1 Å². The van der Waals surface area contributed by atoms with Gasteiger partial charge in [0.2, 0.25) is 10.0 Å². The highest BCUT2D eigenvalue weighted by Gasteiger charge is 2.37. The van der Waals surface area contributed by atoms with Crippen LogP contribution >= 0.6 is 0 Å². The molecule has 7 nitrogen and oxygen atoms in total. The maximum atomic E-state index is 12.7. The molecule has 1 atom stereocenters. The molecule has 3 rings (SSSR count). The lowest BCUT2D eigenvalue weighted by Gasteiger charge is -2.23. The van der Waals surface area contributed by atoms with Crippen molar-refractivity contribution in [2.45, 2.75) is 30.2 Å². The minimum absolute atomic E-state index is 0.148. The van der Waals surface area contributed by atoms with Gasteiger partial charge in [0.05, 0.1) is 0 Å². The van der Waals surface area contributed by atoms with Crippen LogP contribution in [0.15, 0.2) is 23.2 Å². The summed E-state index contributed by atoms with van der Waals surface area (Å²) in [5.41, 5.74) is 2.36. The number of sulfonamides is 1. The van der Waals surface area contributed by atoms with Gasteiger partial charge in [0.1, 0.15) is 4.90 Å². The quantitative estimate of drug-likeness (QED) is 0.611. The lowest BCUT2D eigenvalue weighted by atomic mass is 10.2. The Morgan fingerprint density at radius 2 is 2.05 bits per heavy atom. The highest BCUT2D eigenvalue weighted by atomic mass is 32.2. The highest BCUT2D eigenvalue weighted by molar-refractivity contribution is 7.89. The smallest absolute Gasteiger partial charge is 0.246 e. The molecule has 1 aromatic heterocycles. The summed E-state index contributed by atoms with van der Waals surface area (Å²) in [6, 6.07) is 3.50. The minimum Gasteiger partial charge on any atom is -0.307 e. The van der Waals surface area contributed by atoms with E-state index in [1.54, 1.807) is 16.4 Å². The topological polar surface area (TPSA) is 91.6 Å². The third-order valence-electron chi connectivity index (χ3n) is 4.31. The van der Waals surface area contributed by atoms with Gasteiger partial charge in [-0.3, -0.25) is 4.90 Å². The Hall–Kier alpha value is -1.22. The van der Waals surface area contributed by atoms with Crippen LogP contribution in [-0.2, 0) is 10.0 Å². The molecule has 8 heteroatoms. The molecule has 0 radical (unpaired) electrons. The summed E-state index contributed by atoms with van der Waals surface area (Å²) >= 11 is 0. The van der Waals surface area contributed by atoms with Gasteiger partial charge in [-0.25, -0.2) is 19.2 Å². The second kappa shape index (κ2) is 5.88. The van der Waals surface area contributed by atoms with Gasteiger partial charge in [-0.15, -0.1) is 0 Å². The number of hydrogen-bond donors (Lipinski definition) is 2. The molecule has 3 heterocycles. The predicted molar refractivity (Wildman–Crippen MR) is 80.0 cm³/mol. The number of nitrogens with two attached hydrogens (primary N) is 1. The summed E-state index contributed by atoms with van der Waals surface area (Å²) in [5.74, 6) is 5.57. The van der Waals surface area contributed by atoms with Gasteiger partial charge < -0.3 is 5.43 Å². The van der Waals surface area contributed by atoms with E-state index in [1.165, 1.54) is 19.0 Å². The summed E-state index contributed by atoms with van der Waals surface area (Å²) in [7, 11) is -3.54. The molecule has 21 heavy (non-hydrogen) atoms. The van der Waals surface area contributed by atoms with Crippen molar-refractivity contribution < 1.29 is 8.42 Å². The fraction of sp³-hybridized carbons (Fsp3) is 0.615. The molecule has 2 saturated heterocycles. The lowest BCUT2D eigenvalue weighted by molar-refractivity contribution is 0.251. The van der Waals surface area contributed by atoms with Gasteiger partial charge in [0, 0.05) is 25.3 Å². The van der Waals surface area contributed by atoms with Gasteiger partial charge in [0.15, 0.2) is 5.82 Å². The van der Waals surface area contributed by atoms with Crippen molar-refractivity contribution >= 4 is 15.8 Å². The van der Waals surface area contributed by atoms with Crippen LogP contribution in [0.5, 0.6) is 0 Å². The van der Waals surface area contributed by atoms with Crippen LogP contribution in [0.4, 0.5) is 5.82 Å². The third-order valence-corrected chi connectivity index (χ3v) is 6.21. The summed E-state index contributed by atoms with van der Waals surface area (Å²) < 4.78 is 27.0. The van der Waals surface area contributed by atoms with Crippen molar-refractivity contribution in [3.63, 3.8) is 0 Å². The summed E-state index contributed by atoms with van der Waals surface area (Å²) in [4.78, 5) is 6.53. The van der Waals surface area contributed by atoms with Crippen molar-refractivity contribution in [3.8, 4) is 0 Å². The molecule has 2 fully saturated rings. The van der Waals surface area contributed by atoms with Crippen molar-refractivity contribution in [2.24, 2.45) is 5.84 Å². The zero-order chi connectivity index (χ0) is 14.9. The molecule has 2 aliphatic heterocycles. The zero-order valence-corrected chi connectivity index (χ0v) is 12.7. The first-order valence-corrected chi connectivity index (χ1v) is 8.73. The minimum atomic E-state index is -3.54. The molecule has 0 aliphatic carbocycles. The van der Waals surface area contributed by atoms with Crippen LogP contribution in [0.2, 0.25) is 0 Å². The monoisotopic (exact) mass is 311 g/mol. The number of hydrazine groups is 1. The van der Waals surface area contributed by atoms with Crippen molar-refractivity contribution in [3.05, 3.63) is 18.3 Å². The first-order valence-electron chi connectivity index (χ1n) is 7.29. The van der Waals surface area contributed by atoms with Gasteiger partial charge in [-0.2, -0.15) is 4.31 Å². The number of rotatable bonds is 4. The molecule has 1 aromatic rings. The Bertz CT molecular complexity index is 600. The Kier molecular flexibility index (Phi) is 4.12.